The Hall–Kier alpha value is -3.15. The molecule has 4 rings (SSSR count). The molecule has 1 saturated carbocycles. The first-order valence-corrected chi connectivity index (χ1v) is 12.8. The maximum Gasteiger partial charge on any atom is 0.305 e. The van der Waals surface area contributed by atoms with Crippen LogP contribution in [-0.2, 0) is 19.1 Å². The summed E-state index contributed by atoms with van der Waals surface area (Å²) in [6, 6.07) is 16.6. The highest BCUT2D eigenvalue weighted by molar-refractivity contribution is 5.79. The van der Waals surface area contributed by atoms with Crippen LogP contribution in [0.3, 0.4) is 0 Å². The zero-order valence-corrected chi connectivity index (χ0v) is 20.3. The van der Waals surface area contributed by atoms with Gasteiger partial charge in [-0.3, -0.25) is 14.4 Å². The molecule has 1 fully saturated rings. The summed E-state index contributed by atoms with van der Waals surface area (Å²) < 4.78 is 5.64. The van der Waals surface area contributed by atoms with Gasteiger partial charge in [-0.2, -0.15) is 0 Å². The number of fused-ring (bicyclic) bond motifs is 3. The largest absolute Gasteiger partial charge is 0.481 e. The van der Waals surface area contributed by atoms with Gasteiger partial charge in [-0.05, 0) is 53.4 Å². The standard InChI is InChI=1S/C29H35NO5/c31-26(18-29(19-27(32)33)15-7-8-16-29)30-17-9-1-2-14-28(34)35-20-25-23-12-5-3-10-21(23)22-11-4-6-13-24(22)25/h3-6,10-13,25H,1-2,7-9,14-20H2,(H,30,31)(H,32,33). The number of benzene rings is 2. The second-order valence-electron chi connectivity index (χ2n) is 10.0. The molecule has 0 unspecified atom stereocenters. The fraction of sp³-hybridized carbons (Fsp3) is 0.483. The van der Waals surface area contributed by atoms with E-state index >= 15 is 0 Å². The third kappa shape index (κ3) is 6.30. The van der Waals surface area contributed by atoms with Crippen molar-refractivity contribution >= 4 is 17.8 Å². The Morgan fingerprint density at radius 3 is 2.14 bits per heavy atom. The quantitative estimate of drug-likeness (QED) is 0.313. The number of hydrogen-bond acceptors (Lipinski definition) is 4. The zero-order valence-electron chi connectivity index (χ0n) is 20.3. The summed E-state index contributed by atoms with van der Waals surface area (Å²) in [4.78, 5) is 35.9. The molecular formula is C29H35NO5. The van der Waals surface area contributed by atoms with Crippen molar-refractivity contribution in [2.45, 2.75) is 70.1 Å². The number of carboxylic acid groups (broad SMARTS) is 1. The third-order valence-corrected chi connectivity index (χ3v) is 7.48. The topological polar surface area (TPSA) is 92.7 Å². The van der Waals surface area contributed by atoms with Gasteiger partial charge in [0.05, 0.1) is 6.42 Å². The highest BCUT2D eigenvalue weighted by atomic mass is 16.5. The first kappa shape index (κ1) is 25.0. The number of nitrogens with one attached hydrogen (secondary N) is 1. The summed E-state index contributed by atoms with van der Waals surface area (Å²) >= 11 is 0. The van der Waals surface area contributed by atoms with E-state index in [0.717, 1.165) is 44.9 Å². The Balaban J connectivity index is 1.13. The van der Waals surface area contributed by atoms with Gasteiger partial charge >= 0.3 is 11.9 Å². The fourth-order valence-corrected chi connectivity index (χ4v) is 5.75. The van der Waals surface area contributed by atoms with Crippen LogP contribution in [0.5, 0.6) is 0 Å². The highest BCUT2D eigenvalue weighted by Gasteiger charge is 2.37. The van der Waals surface area contributed by atoms with Crippen molar-refractivity contribution in [2.75, 3.05) is 13.2 Å². The molecule has 2 aromatic rings. The molecule has 186 valence electrons. The maximum atomic E-state index is 12.3. The molecule has 6 heteroatoms. The molecule has 0 bridgehead atoms. The smallest absolute Gasteiger partial charge is 0.305 e. The van der Waals surface area contributed by atoms with Crippen molar-refractivity contribution in [3.63, 3.8) is 0 Å². The van der Waals surface area contributed by atoms with Gasteiger partial charge in [0, 0.05) is 25.3 Å². The van der Waals surface area contributed by atoms with Crippen LogP contribution in [0, 0.1) is 5.41 Å². The van der Waals surface area contributed by atoms with Gasteiger partial charge in [0.1, 0.15) is 6.61 Å². The van der Waals surface area contributed by atoms with Gasteiger partial charge in [-0.1, -0.05) is 67.8 Å². The molecule has 0 aliphatic heterocycles. The molecule has 0 spiro atoms. The molecule has 2 aliphatic rings. The van der Waals surface area contributed by atoms with Crippen molar-refractivity contribution in [3.8, 4) is 11.1 Å². The SMILES string of the molecule is O=C(O)CC1(CC(=O)NCCCCCC(=O)OCC2c3ccccc3-c3ccccc32)CCCC1. The van der Waals surface area contributed by atoms with E-state index in [-0.39, 0.29) is 29.6 Å². The van der Waals surface area contributed by atoms with Crippen molar-refractivity contribution in [2.24, 2.45) is 5.41 Å². The first-order valence-electron chi connectivity index (χ1n) is 12.8. The van der Waals surface area contributed by atoms with Crippen molar-refractivity contribution < 1.29 is 24.2 Å². The van der Waals surface area contributed by atoms with Crippen molar-refractivity contribution in [1.82, 2.24) is 5.32 Å². The van der Waals surface area contributed by atoms with E-state index in [1.165, 1.54) is 22.3 Å². The van der Waals surface area contributed by atoms with Crippen LogP contribution in [0.2, 0.25) is 0 Å². The zero-order chi connectivity index (χ0) is 24.7. The van der Waals surface area contributed by atoms with E-state index in [1.807, 2.05) is 24.3 Å². The molecule has 0 saturated heterocycles. The molecule has 0 aromatic heterocycles. The average Bonchev–Trinajstić information content (AvgIpc) is 3.41. The van der Waals surface area contributed by atoms with Gasteiger partial charge in [-0.15, -0.1) is 0 Å². The van der Waals surface area contributed by atoms with Crippen LogP contribution in [0.15, 0.2) is 48.5 Å². The van der Waals surface area contributed by atoms with Crippen LogP contribution in [-0.4, -0.2) is 36.1 Å². The van der Waals surface area contributed by atoms with Crippen LogP contribution < -0.4 is 5.32 Å². The number of aliphatic carboxylic acids is 1. The van der Waals surface area contributed by atoms with Crippen molar-refractivity contribution in [1.29, 1.82) is 0 Å². The number of carbonyl (C=O) groups excluding carboxylic acids is 2. The maximum absolute atomic E-state index is 12.3. The third-order valence-electron chi connectivity index (χ3n) is 7.48. The number of esters is 1. The Labute approximate surface area is 207 Å². The molecular weight excluding hydrogens is 442 g/mol. The Morgan fingerprint density at radius 1 is 0.886 bits per heavy atom. The molecule has 0 heterocycles. The molecule has 2 aromatic carbocycles. The summed E-state index contributed by atoms with van der Waals surface area (Å²) in [7, 11) is 0. The number of amides is 1. The Bertz CT molecular complexity index is 1010. The summed E-state index contributed by atoms with van der Waals surface area (Å²) in [5, 5.41) is 12.1. The van der Waals surface area contributed by atoms with Crippen LogP contribution in [0.1, 0.15) is 81.3 Å². The van der Waals surface area contributed by atoms with E-state index in [9.17, 15) is 19.5 Å². The van der Waals surface area contributed by atoms with Gasteiger partial charge in [0.25, 0.3) is 0 Å². The monoisotopic (exact) mass is 477 g/mol. The lowest BCUT2D eigenvalue weighted by Crippen LogP contribution is -2.32. The van der Waals surface area contributed by atoms with Crippen molar-refractivity contribution in [3.05, 3.63) is 59.7 Å². The second-order valence-corrected chi connectivity index (χ2v) is 10.0. The number of hydrogen-bond donors (Lipinski definition) is 2. The highest BCUT2D eigenvalue weighted by Crippen LogP contribution is 2.45. The second kappa shape index (κ2) is 11.5. The molecule has 35 heavy (non-hydrogen) atoms. The number of carbonyl (C=O) groups is 3. The average molecular weight is 478 g/mol. The lowest BCUT2D eigenvalue weighted by atomic mass is 9.79. The first-order chi connectivity index (χ1) is 17.0. The predicted molar refractivity (Wildman–Crippen MR) is 134 cm³/mol. The predicted octanol–water partition coefficient (Wildman–Crippen LogP) is 5.44. The summed E-state index contributed by atoms with van der Waals surface area (Å²) in [6.07, 6.45) is 6.67. The molecule has 0 radical (unpaired) electrons. The summed E-state index contributed by atoms with van der Waals surface area (Å²) in [5.74, 6) is -1.00. The van der Waals surface area contributed by atoms with Crippen LogP contribution >= 0.6 is 0 Å². The van der Waals surface area contributed by atoms with Gasteiger partial charge in [-0.25, -0.2) is 0 Å². The number of ether oxygens (including phenoxy) is 1. The molecule has 0 atom stereocenters. The number of carboxylic acids is 1. The molecule has 6 nitrogen and oxygen atoms in total. The minimum atomic E-state index is -0.826. The Morgan fingerprint density at radius 2 is 1.51 bits per heavy atom. The van der Waals surface area contributed by atoms with E-state index in [1.54, 1.807) is 0 Å². The molecule has 2 aliphatic carbocycles. The van der Waals surface area contributed by atoms with Gasteiger partial charge in [0.15, 0.2) is 0 Å². The Kier molecular flexibility index (Phi) is 8.21. The number of unbranched alkanes of at least 4 members (excludes halogenated alkanes) is 2. The van der Waals surface area contributed by atoms with E-state index in [0.29, 0.717) is 26.0 Å². The van der Waals surface area contributed by atoms with Gasteiger partial charge < -0.3 is 15.2 Å². The van der Waals surface area contributed by atoms with Crippen LogP contribution in [0.25, 0.3) is 11.1 Å². The van der Waals surface area contributed by atoms with E-state index in [4.69, 9.17) is 4.74 Å². The van der Waals surface area contributed by atoms with E-state index < -0.39 is 5.97 Å². The summed E-state index contributed by atoms with van der Waals surface area (Å²) in [6.45, 7) is 0.897. The molecule has 2 N–H and O–H groups in total. The molecule has 1 amide bonds. The number of rotatable bonds is 12. The van der Waals surface area contributed by atoms with Crippen LogP contribution in [0.4, 0.5) is 0 Å². The van der Waals surface area contributed by atoms with E-state index in [2.05, 4.69) is 29.6 Å². The summed E-state index contributed by atoms with van der Waals surface area (Å²) in [5.41, 5.74) is 4.47. The minimum absolute atomic E-state index is 0.0651. The lowest BCUT2D eigenvalue weighted by Gasteiger charge is -2.26. The lowest BCUT2D eigenvalue weighted by molar-refractivity contribution is -0.144. The normalized spacial score (nSPS) is 15.9. The van der Waals surface area contributed by atoms with Gasteiger partial charge in [0.2, 0.25) is 5.91 Å². The minimum Gasteiger partial charge on any atom is -0.481 e. The fourth-order valence-electron chi connectivity index (χ4n) is 5.75.